The first-order chi connectivity index (χ1) is 16.3. The minimum Gasteiger partial charge on any atom is -0.356 e. The molecule has 0 radical (unpaired) electrons. The SMILES string of the molecule is CCCCCCCCCCCCCCCCN1C=CN(CCCCCCCC)C1CCCC. The maximum absolute atomic E-state index is 2.66. The van der Waals surface area contributed by atoms with Crippen LogP contribution in [0.1, 0.15) is 168 Å². The predicted octanol–water partition coefficient (Wildman–Crippen LogP) is 10.4. The molecule has 1 aliphatic rings. The van der Waals surface area contributed by atoms with Crippen LogP contribution in [-0.2, 0) is 0 Å². The van der Waals surface area contributed by atoms with Gasteiger partial charge in [0, 0.05) is 25.5 Å². The first-order valence-corrected chi connectivity index (χ1v) is 15.5. The summed E-state index contributed by atoms with van der Waals surface area (Å²) in [5.74, 6) is 0. The van der Waals surface area contributed by atoms with Crippen molar-refractivity contribution in [1.82, 2.24) is 9.80 Å². The summed E-state index contributed by atoms with van der Waals surface area (Å²) in [4.78, 5) is 5.31. The van der Waals surface area contributed by atoms with Crippen LogP contribution < -0.4 is 0 Å². The Morgan fingerprint density at radius 3 is 1.03 bits per heavy atom. The van der Waals surface area contributed by atoms with Crippen molar-refractivity contribution < 1.29 is 0 Å². The first kappa shape index (κ1) is 30.4. The summed E-state index contributed by atoms with van der Waals surface area (Å²) < 4.78 is 0. The highest BCUT2D eigenvalue weighted by molar-refractivity contribution is 4.96. The maximum atomic E-state index is 2.66. The normalized spacial score (nSPS) is 15.8. The molecule has 2 nitrogen and oxygen atoms in total. The Morgan fingerprint density at radius 2 is 0.697 bits per heavy atom. The topological polar surface area (TPSA) is 6.48 Å². The van der Waals surface area contributed by atoms with Gasteiger partial charge in [0.2, 0.25) is 0 Å². The average Bonchev–Trinajstić information content (AvgIpc) is 3.21. The molecule has 1 aliphatic heterocycles. The second-order valence-electron chi connectivity index (χ2n) is 10.8. The zero-order valence-corrected chi connectivity index (χ0v) is 23.3. The minimum atomic E-state index is 0.641. The standard InChI is InChI=1S/C31H62N2/c1-4-7-10-12-14-15-16-17-18-19-20-21-23-25-28-33-30-29-32(31(33)26-9-6-3)27-24-22-13-11-8-5-2/h29-31H,4-28H2,1-3H3. The highest BCUT2D eigenvalue weighted by Crippen LogP contribution is 2.23. The van der Waals surface area contributed by atoms with Crippen LogP contribution >= 0.6 is 0 Å². The Morgan fingerprint density at radius 1 is 0.394 bits per heavy atom. The Kier molecular flexibility index (Phi) is 21.3. The summed E-state index contributed by atoms with van der Waals surface area (Å²) in [5.41, 5.74) is 0. The van der Waals surface area contributed by atoms with Gasteiger partial charge in [-0.15, -0.1) is 0 Å². The van der Waals surface area contributed by atoms with Gasteiger partial charge in [-0.1, -0.05) is 143 Å². The van der Waals surface area contributed by atoms with Gasteiger partial charge in [0.1, 0.15) is 6.17 Å². The number of rotatable bonds is 25. The lowest BCUT2D eigenvalue weighted by molar-refractivity contribution is 0.136. The molecular formula is C31H62N2. The summed E-state index contributed by atoms with van der Waals surface area (Å²) in [6.45, 7) is 9.46. The Balaban J connectivity index is 2.03. The van der Waals surface area contributed by atoms with Crippen molar-refractivity contribution in [2.45, 2.75) is 175 Å². The van der Waals surface area contributed by atoms with Crippen LogP contribution in [0, 0.1) is 0 Å². The van der Waals surface area contributed by atoms with Crippen LogP contribution in [0.2, 0.25) is 0 Å². The average molecular weight is 463 g/mol. The number of hydrogen-bond acceptors (Lipinski definition) is 2. The van der Waals surface area contributed by atoms with Gasteiger partial charge in [0.15, 0.2) is 0 Å². The van der Waals surface area contributed by atoms with Gasteiger partial charge >= 0.3 is 0 Å². The Labute approximate surface area is 210 Å². The summed E-state index contributed by atoms with van der Waals surface area (Å²) in [6, 6.07) is 0. The van der Waals surface area contributed by atoms with E-state index in [-0.39, 0.29) is 0 Å². The fourth-order valence-electron chi connectivity index (χ4n) is 5.29. The van der Waals surface area contributed by atoms with Gasteiger partial charge in [-0.2, -0.15) is 0 Å². The molecule has 1 rings (SSSR count). The summed E-state index contributed by atoms with van der Waals surface area (Å²) in [7, 11) is 0. The number of nitrogens with zero attached hydrogens (tertiary/aromatic N) is 2. The lowest BCUT2D eigenvalue weighted by atomic mass is 10.0. The molecule has 196 valence electrons. The number of hydrogen-bond donors (Lipinski definition) is 0. The summed E-state index contributed by atoms with van der Waals surface area (Å²) in [6.07, 6.45) is 38.1. The molecular weight excluding hydrogens is 400 g/mol. The van der Waals surface area contributed by atoms with Gasteiger partial charge in [0.25, 0.3) is 0 Å². The number of unbranched alkanes of at least 4 members (excludes halogenated alkanes) is 19. The molecule has 0 aromatic carbocycles. The Hall–Kier alpha value is -0.660. The molecule has 0 aliphatic carbocycles. The van der Waals surface area contributed by atoms with Gasteiger partial charge in [0.05, 0.1) is 0 Å². The van der Waals surface area contributed by atoms with Gasteiger partial charge in [-0.05, 0) is 25.7 Å². The van der Waals surface area contributed by atoms with E-state index in [1.807, 2.05) is 0 Å². The molecule has 0 amide bonds. The molecule has 33 heavy (non-hydrogen) atoms. The molecule has 2 heteroatoms. The molecule has 0 saturated carbocycles. The summed E-state index contributed by atoms with van der Waals surface area (Å²) >= 11 is 0. The van der Waals surface area contributed by atoms with Crippen molar-refractivity contribution in [3.8, 4) is 0 Å². The third kappa shape index (κ3) is 16.6. The van der Waals surface area contributed by atoms with E-state index in [0.717, 1.165) is 0 Å². The van der Waals surface area contributed by atoms with Crippen LogP contribution in [0.5, 0.6) is 0 Å². The highest BCUT2D eigenvalue weighted by atomic mass is 15.4. The predicted molar refractivity (Wildman–Crippen MR) is 150 cm³/mol. The third-order valence-corrected chi connectivity index (χ3v) is 7.57. The molecule has 0 spiro atoms. The quantitative estimate of drug-likeness (QED) is 0.124. The molecule has 0 aromatic heterocycles. The van der Waals surface area contributed by atoms with Crippen LogP contribution in [0.4, 0.5) is 0 Å². The van der Waals surface area contributed by atoms with Gasteiger partial charge in [-0.3, -0.25) is 0 Å². The fraction of sp³-hybridized carbons (Fsp3) is 0.935. The van der Waals surface area contributed by atoms with Crippen molar-refractivity contribution >= 4 is 0 Å². The molecule has 0 bridgehead atoms. The van der Waals surface area contributed by atoms with Crippen LogP contribution in [0.15, 0.2) is 12.4 Å². The smallest absolute Gasteiger partial charge is 0.101 e. The summed E-state index contributed by atoms with van der Waals surface area (Å²) in [5, 5.41) is 0. The van der Waals surface area contributed by atoms with E-state index < -0.39 is 0 Å². The first-order valence-electron chi connectivity index (χ1n) is 15.5. The van der Waals surface area contributed by atoms with Gasteiger partial charge in [-0.25, -0.2) is 0 Å². The largest absolute Gasteiger partial charge is 0.356 e. The van der Waals surface area contributed by atoms with E-state index in [0.29, 0.717) is 6.17 Å². The van der Waals surface area contributed by atoms with Crippen molar-refractivity contribution in [3.05, 3.63) is 12.4 Å². The van der Waals surface area contributed by atoms with E-state index >= 15 is 0 Å². The highest BCUT2D eigenvalue weighted by Gasteiger charge is 2.24. The third-order valence-electron chi connectivity index (χ3n) is 7.57. The molecule has 0 N–H and O–H groups in total. The van der Waals surface area contributed by atoms with E-state index in [9.17, 15) is 0 Å². The van der Waals surface area contributed by atoms with Crippen LogP contribution in [0.25, 0.3) is 0 Å². The van der Waals surface area contributed by atoms with Crippen molar-refractivity contribution in [1.29, 1.82) is 0 Å². The molecule has 0 fully saturated rings. The van der Waals surface area contributed by atoms with E-state index in [2.05, 4.69) is 43.0 Å². The van der Waals surface area contributed by atoms with E-state index in [4.69, 9.17) is 0 Å². The molecule has 1 atom stereocenters. The fourth-order valence-corrected chi connectivity index (χ4v) is 5.29. The zero-order valence-electron chi connectivity index (χ0n) is 23.3. The molecule has 0 saturated heterocycles. The monoisotopic (exact) mass is 462 g/mol. The van der Waals surface area contributed by atoms with E-state index in [1.54, 1.807) is 0 Å². The van der Waals surface area contributed by atoms with E-state index in [1.165, 1.54) is 161 Å². The lowest BCUT2D eigenvalue weighted by Crippen LogP contribution is -2.39. The molecule has 0 aromatic rings. The molecule has 1 heterocycles. The second-order valence-corrected chi connectivity index (χ2v) is 10.8. The van der Waals surface area contributed by atoms with Crippen molar-refractivity contribution in [3.63, 3.8) is 0 Å². The Bertz CT molecular complexity index is 419. The molecule has 1 unspecified atom stereocenters. The van der Waals surface area contributed by atoms with Crippen molar-refractivity contribution in [2.75, 3.05) is 13.1 Å². The van der Waals surface area contributed by atoms with Gasteiger partial charge < -0.3 is 9.80 Å². The zero-order chi connectivity index (χ0) is 23.8. The van der Waals surface area contributed by atoms with Crippen molar-refractivity contribution in [2.24, 2.45) is 0 Å². The van der Waals surface area contributed by atoms with Crippen LogP contribution in [-0.4, -0.2) is 29.1 Å². The second kappa shape index (κ2) is 23.1. The minimum absolute atomic E-state index is 0.641. The van der Waals surface area contributed by atoms with Crippen LogP contribution in [0.3, 0.4) is 0 Å². The maximum Gasteiger partial charge on any atom is 0.101 e. The lowest BCUT2D eigenvalue weighted by Gasteiger charge is -2.33.